The van der Waals surface area contributed by atoms with Crippen molar-refractivity contribution >= 4 is 0 Å². The van der Waals surface area contributed by atoms with Crippen LogP contribution < -0.4 is 0 Å². The van der Waals surface area contributed by atoms with E-state index in [4.69, 9.17) is 0 Å². The van der Waals surface area contributed by atoms with Gasteiger partial charge in [0.05, 0.1) is 11.5 Å². The first-order valence-corrected chi connectivity index (χ1v) is 5.84. The lowest BCUT2D eigenvalue weighted by Gasteiger charge is -2.48. The Morgan fingerprint density at radius 1 is 1.00 bits per heavy atom. The Morgan fingerprint density at radius 2 is 1.50 bits per heavy atom. The number of nitrogens with zero attached hydrogens (tertiary/aromatic N) is 1. The van der Waals surface area contributed by atoms with Crippen molar-refractivity contribution in [1.29, 1.82) is 5.26 Å². The molecule has 0 spiro atoms. The Morgan fingerprint density at radius 3 is 1.93 bits per heavy atom. The third-order valence-corrected chi connectivity index (χ3v) is 4.10. The molecule has 1 nitrogen and oxygen atoms in total. The zero-order valence-corrected chi connectivity index (χ0v) is 9.64. The minimum atomic E-state index is -0.00984. The zero-order chi connectivity index (χ0) is 10.4. The summed E-state index contributed by atoms with van der Waals surface area (Å²) < 4.78 is 0. The lowest BCUT2D eigenvalue weighted by molar-refractivity contribution is 0.0350. The summed E-state index contributed by atoms with van der Waals surface area (Å²) >= 11 is 0. The van der Waals surface area contributed by atoms with E-state index in [0.29, 0.717) is 5.41 Å². The topological polar surface area (TPSA) is 23.8 Å². The molecule has 0 radical (unpaired) electrons. The first-order chi connectivity index (χ1) is 6.42. The summed E-state index contributed by atoms with van der Waals surface area (Å²) in [5.41, 5.74) is 0.522. The second-order valence-electron chi connectivity index (χ2n) is 6.62. The Labute approximate surface area is 87.5 Å². The first kappa shape index (κ1) is 10.0. The maximum Gasteiger partial charge on any atom is 0.0687 e. The summed E-state index contributed by atoms with van der Waals surface area (Å²) in [4.78, 5) is 0. The van der Waals surface area contributed by atoms with Crippen molar-refractivity contribution in [3.05, 3.63) is 0 Å². The van der Waals surface area contributed by atoms with Gasteiger partial charge in [-0.25, -0.2) is 0 Å². The molecule has 2 saturated carbocycles. The summed E-state index contributed by atoms with van der Waals surface area (Å²) in [5.74, 6) is 1.64. The molecule has 0 amide bonds. The molecule has 2 aliphatic rings. The molecule has 2 aliphatic carbocycles. The minimum Gasteiger partial charge on any atom is -0.198 e. The summed E-state index contributed by atoms with van der Waals surface area (Å²) in [5, 5.41) is 9.19. The second kappa shape index (κ2) is 2.99. The van der Waals surface area contributed by atoms with Crippen LogP contribution >= 0.6 is 0 Å². The largest absolute Gasteiger partial charge is 0.198 e. The molecular formula is C13H21N. The van der Waals surface area contributed by atoms with Crippen molar-refractivity contribution in [2.24, 2.45) is 22.7 Å². The van der Waals surface area contributed by atoms with Gasteiger partial charge in [0.25, 0.3) is 0 Å². The van der Waals surface area contributed by atoms with Crippen LogP contribution in [-0.4, -0.2) is 0 Å². The molecule has 0 aromatic heterocycles. The van der Waals surface area contributed by atoms with Crippen molar-refractivity contribution in [3.8, 4) is 6.07 Å². The molecule has 0 aliphatic heterocycles. The third kappa shape index (κ3) is 1.80. The van der Waals surface area contributed by atoms with Crippen LogP contribution in [0, 0.1) is 34.0 Å². The van der Waals surface area contributed by atoms with Gasteiger partial charge in [0.2, 0.25) is 0 Å². The van der Waals surface area contributed by atoms with Crippen LogP contribution in [0.3, 0.4) is 0 Å². The SMILES string of the molecule is CC1(C)CC2CC(C1)CC(C)(C#N)C2. The summed E-state index contributed by atoms with van der Waals surface area (Å²) in [6, 6.07) is 2.54. The van der Waals surface area contributed by atoms with Gasteiger partial charge in [-0.2, -0.15) is 5.26 Å². The van der Waals surface area contributed by atoms with Crippen LogP contribution in [-0.2, 0) is 0 Å². The number of nitriles is 1. The van der Waals surface area contributed by atoms with Crippen LogP contribution in [0.15, 0.2) is 0 Å². The standard InChI is InChI=1S/C13H21N/c1-12(2)5-10-4-11(6-12)8-13(3,7-10)9-14/h10-11H,4-8H2,1-3H3. The van der Waals surface area contributed by atoms with Crippen LogP contribution in [0.25, 0.3) is 0 Å². The molecule has 0 aromatic carbocycles. The van der Waals surface area contributed by atoms with E-state index < -0.39 is 0 Å². The highest BCUT2D eigenvalue weighted by atomic mass is 14.5. The van der Waals surface area contributed by atoms with Crippen LogP contribution in [0.5, 0.6) is 0 Å². The maximum atomic E-state index is 9.19. The van der Waals surface area contributed by atoms with E-state index in [1.165, 1.54) is 19.3 Å². The second-order valence-corrected chi connectivity index (χ2v) is 6.62. The molecule has 2 unspecified atom stereocenters. The monoisotopic (exact) mass is 191 g/mol. The molecule has 0 heterocycles. The quantitative estimate of drug-likeness (QED) is 0.572. The Kier molecular flexibility index (Phi) is 2.14. The fourth-order valence-electron chi connectivity index (χ4n) is 4.04. The number of hydrogen-bond donors (Lipinski definition) is 0. The van der Waals surface area contributed by atoms with Crippen molar-refractivity contribution in [2.75, 3.05) is 0 Å². The van der Waals surface area contributed by atoms with Gasteiger partial charge in [0.1, 0.15) is 0 Å². The van der Waals surface area contributed by atoms with E-state index in [1.807, 2.05) is 0 Å². The molecule has 1 heteroatoms. The van der Waals surface area contributed by atoms with E-state index >= 15 is 0 Å². The highest BCUT2D eigenvalue weighted by molar-refractivity contribution is 5.04. The summed E-state index contributed by atoms with van der Waals surface area (Å²) in [7, 11) is 0. The van der Waals surface area contributed by atoms with Crippen LogP contribution in [0.2, 0.25) is 0 Å². The number of fused-ring (bicyclic) bond motifs is 2. The maximum absolute atomic E-state index is 9.19. The van der Waals surface area contributed by atoms with Crippen molar-refractivity contribution in [3.63, 3.8) is 0 Å². The van der Waals surface area contributed by atoms with Gasteiger partial charge < -0.3 is 0 Å². The average Bonchev–Trinajstić information content (AvgIpc) is 1.99. The van der Waals surface area contributed by atoms with Gasteiger partial charge >= 0.3 is 0 Å². The minimum absolute atomic E-state index is 0.00984. The molecule has 0 saturated heterocycles. The normalized spacial score (nSPS) is 45.6. The van der Waals surface area contributed by atoms with Crippen molar-refractivity contribution < 1.29 is 0 Å². The van der Waals surface area contributed by atoms with E-state index in [-0.39, 0.29) is 5.41 Å². The van der Waals surface area contributed by atoms with Gasteiger partial charge in [-0.05, 0) is 56.3 Å². The molecule has 2 atom stereocenters. The number of hydrogen-bond acceptors (Lipinski definition) is 1. The molecule has 2 rings (SSSR count). The average molecular weight is 191 g/mol. The fraction of sp³-hybridized carbons (Fsp3) is 0.923. The number of rotatable bonds is 0. The van der Waals surface area contributed by atoms with Gasteiger partial charge in [-0.15, -0.1) is 0 Å². The lowest BCUT2D eigenvalue weighted by atomic mass is 9.56. The van der Waals surface area contributed by atoms with Crippen LogP contribution in [0.1, 0.15) is 52.9 Å². The Hall–Kier alpha value is -0.510. The summed E-state index contributed by atoms with van der Waals surface area (Å²) in [6.07, 6.45) is 6.34. The van der Waals surface area contributed by atoms with Gasteiger partial charge in [0.15, 0.2) is 0 Å². The smallest absolute Gasteiger partial charge is 0.0687 e. The van der Waals surface area contributed by atoms with Gasteiger partial charge in [-0.3, -0.25) is 0 Å². The van der Waals surface area contributed by atoms with Gasteiger partial charge in [0, 0.05) is 0 Å². The fourth-order valence-corrected chi connectivity index (χ4v) is 4.04. The van der Waals surface area contributed by atoms with E-state index in [1.54, 1.807) is 0 Å². The van der Waals surface area contributed by atoms with Crippen LogP contribution in [0.4, 0.5) is 0 Å². The lowest BCUT2D eigenvalue weighted by Crippen LogP contribution is -2.38. The highest BCUT2D eigenvalue weighted by Gasteiger charge is 2.44. The highest BCUT2D eigenvalue weighted by Crippen LogP contribution is 2.53. The summed E-state index contributed by atoms with van der Waals surface area (Å²) in [6.45, 7) is 6.94. The molecule has 14 heavy (non-hydrogen) atoms. The van der Waals surface area contributed by atoms with E-state index in [9.17, 15) is 5.26 Å². The Balaban J connectivity index is 2.14. The van der Waals surface area contributed by atoms with E-state index in [0.717, 1.165) is 24.7 Å². The predicted molar refractivity (Wildman–Crippen MR) is 57.6 cm³/mol. The molecule has 0 aromatic rings. The molecular weight excluding hydrogens is 170 g/mol. The van der Waals surface area contributed by atoms with Gasteiger partial charge in [-0.1, -0.05) is 13.8 Å². The van der Waals surface area contributed by atoms with Crippen molar-refractivity contribution in [1.82, 2.24) is 0 Å². The predicted octanol–water partition coefficient (Wildman–Crippen LogP) is 3.75. The third-order valence-electron chi connectivity index (χ3n) is 4.10. The Bertz CT molecular complexity index is 255. The zero-order valence-electron chi connectivity index (χ0n) is 9.64. The van der Waals surface area contributed by atoms with E-state index in [2.05, 4.69) is 26.8 Å². The molecule has 2 fully saturated rings. The molecule has 0 N–H and O–H groups in total. The molecule has 2 bridgehead atoms. The first-order valence-electron chi connectivity index (χ1n) is 5.84. The van der Waals surface area contributed by atoms with Crippen molar-refractivity contribution in [2.45, 2.75) is 52.9 Å². The molecule has 78 valence electrons.